The van der Waals surface area contributed by atoms with Crippen LogP contribution in [0.5, 0.6) is 5.75 Å². The first kappa shape index (κ1) is 13.4. The van der Waals surface area contributed by atoms with E-state index in [0.717, 1.165) is 9.13 Å². The number of rotatable bonds is 3. The van der Waals surface area contributed by atoms with Crippen LogP contribution < -0.4 is 4.18 Å². The lowest BCUT2D eigenvalue weighted by Gasteiger charge is -2.07. The molecule has 94 valence electrons. The van der Waals surface area contributed by atoms with E-state index in [9.17, 15) is 8.42 Å². The van der Waals surface area contributed by atoms with Gasteiger partial charge in [-0.2, -0.15) is 8.42 Å². The zero-order chi connectivity index (χ0) is 13.2. The molecule has 0 N–H and O–H groups in total. The van der Waals surface area contributed by atoms with Gasteiger partial charge < -0.3 is 4.18 Å². The first-order valence-electron chi connectivity index (χ1n) is 5.24. The van der Waals surface area contributed by atoms with E-state index in [1.807, 2.05) is 6.92 Å². The van der Waals surface area contributed by atoms with E-state index in [2.05, 4.69) is 22.6 Å². The van der Waals surface area contributed by atoms with Crippen molar-refractivity contribution in [3.63, 3.8) is 0 Å². The van der Waals surface area contributed by atoms with Crippen LogP contribution in [0.1, 0.15) is 5.56 Å². The lowest BCUT2D eigenvalue weighted by molar-refractivity contribution is 0.486. The summed E-state index contributed by atoms with van der Waals surface area (Å²) in [5, 5.41) is 0. The summed E-state index contributed by atoms with van der Waals surface area (Å²) < 4.78 is 30.0. The smallest absolute Gasteiger partial charge is 0.339 e. The molecule has 0 fully saturated rings. The molecular weight excluding hydrogens is 363 g/mol. The quantitative estimate of drug-likeness (QED) is 0.611. The summed E-state index contributed by atoms with van der Waals surface area (Å²) in [6.07, 6.45) is 0. The Morgan fingerprint density at radius 2 is 1.50 bits per heavy atom. The Morgan fingerprint density at radius 3 is 2.06 bits per heavy atom. The second kappa shape index (κ2) is 5.27. The second-order valence-electron chi connectivity index (χ2n) is 3.80. The Balaban J connectivity index is 2.27. The van der Waals surface area contributed by atoms with Crippen LogP contribution in [0, 0.1) is 10.5 Å². The Hall–Kier alpha value is -1.08. The molecule has 0 aliphatic carbocycles. The molecule has 0 amide bonds. The summed E-state index contributed by atoms with van der Waals surface area (Å²) in [5.41, 5.74) is 1.00. The normalized spacial score (nSPS) is 11.2. The molecule has 5 heteroatoms. The van der Waals surface area contributed by atoms with Crippen molar-refractivity contribution in [3.05, 3.63) is 57.7 Å². The first-order chi connectivity index (χ1) is 8.47. The molecule has 18 heavy (non-hydrogen) atoms. The Labute approximate surface area is 120 Å². The fraction of sp³-hybridized carbons (Fsp3) is 0.0769. The maximum Gasteiger partial charge on any atom is 0.339 e. The van der Waals surface area contributed by atoms with Crippen molar-refractivity contribution in [1.29, 1.82) is 0 Å². The summed E-state index contributed by atoms with van der Waals surface area (Å²) in [7, 11) is -3.75. The van der Waals surface area contributed by atoms with Crippen molar-refractivity contribution >= 4 is 32.7 Å². The van der Waals surface area contributed by atoms with Gasteiger partial charge >= 0.3 is 10.1 Å². The molecular formula is C13H11IO3S. The number of benzene rings is 2. The molecule has 0 heterocycles. The Bertz CT molecular complexity index is 631. The van der Waals surface area contributed by atoms with E-state index < -0.39 is 10.1 Å². The van der Waals surface area contributed by atoms with Crippen molar-refractivity contribution in [1.82, 2.24) is 0 Å². The number of hydrogen-bond donors (Lipinski definition) is 0. The number of halogens is 1. The van der Waals surface area contributed by atoms with Crippen molar-refractivity contribution < 1.29 is 12.6 Å². The fourth-order valence-electron chi connectivity index (χ4n) is 1.37. The molecule has 0 spiro atoms. The summed E-state index contributed by atoms with van der Waals surface area (Å²) in [6.45, 7) is 1.90. The zero-order valence-electron chi connectivity index (χ0n) is 9.63. The summed E-state index contributed by atoms with van der Waals surface area (Å²) >= 11 is 2.14. The van der Waals surface area contributed by atoms with Gasteiger partial charge in [-0.05, 0) is 65.9 Å². The molecule has 0 aliphatic heterocycles. The number of aryl methyl sites for hydroxylation is 1. The minimum atomic E-state index is -3.75. The van der Waals surface area contributed by atoms with Gasteiger partial charge in [0.15, 0.2) is 0 Å². The molecule has 0 unspecified atom stereocenters. The minimum Gasteiger partial charge on any atom is -0.379 e. The highest BCUT2D eigenvalue weighted by atomic mass is 127. The van der Waals surface area contributed by atoms with Gasteiger partial charge in [-0.3, -0.25) is 0 Å². The van der Waals surface area contributed by atoms with Crippen LogP contribution in [0.2, 0.25) is 0 Å². The Kier molecular flexibility index (Phi) is 3.91. The standard InChI is InChI=1S/C13H11IO3S/c1-10-2-8-13(9-3-10)18(15,16)17-12-6-4-11(14)5-7-12/h2-9H,1H3. The highest BCUT2D eigenvalue weighted by molar-refractivity contribution is 14.1. The maximum atomic E-state index is 12.0. The van der Waals surface area contributed by atoms with Gasteiger partial charge in [-0.1, -0.05) is 17.7 Å². The second-order valence-corrected chi connectivity index (χ2v) is 6.60. The van der Waals surface area contributed by atoms with Gasteiger partial charge in [0, 0.05) is 3.57 Å². The number of hydrogen-bond acceptors (Lipinski definition) is 3. The van der Waals surface area contributed by atoms with Crippen LogP contribution in [0.4, 0.5) is 0 Å². The third-order valence-electron chi connectivity index (χ3n) is 2.33. The van der Waals surface area contributed by atoms with E-state index in [4.69, 9.17) is 4.18 Å². The van der Waals surface area contributed by atoms with Gasteiger partial charge in [0.1, 0.15) is 10.6 Å². The van der Waals surface area contributed by atoms with Crippen molar-refractivity contribution in [2.24, 2.45) is 0 Å². The van der Waals surface area contributed by atoms with Crippen LogP contribution in [0.15, 0.2) is 53.4 Å². The first-order valence-corrected chi connectivity index (χ1v) is 7.73. The van der Waals surface area contributed by atoms with Crippen LogP contribution in [-0.2, 0) is 10.1 Å². The van der Waals surface area contributed by atoms with E-state index >= 15 is 0 Å². The molecule has 0 aromatic heterocycles. The van der Waals surface area contributed by atoms with Gasteiger partial charge in [-0.15, -0.1) is 0 Å². The van der Waals surface area contributed by atoms with Gasteiger partial charge in [0.2, 0.25) is 0 Å². The van der Waals surface area contributed by atoms with Crippen LogP contribution in [0.25, 0.3) is 0 Å². The SMILES string of the molecule is Cc1ccc(S(=O)(=O)Oc2ccc(I)cc2)cc1. The summed E-state index contributed by atoms with van der Waals surface area (Å²) in [5.74, 6) is 0.316. The van der Waals surface area contributed by atoms with Crippen LogP contribution >= 0.6 is 22.6 Å². The molecule has 0 saturated carbocycles. The van der Waals surface area contributed by atoms with Gasteiger partial charge in [-0.25, -0.2) is 0 Å². The van der Waals surface area contributed by atoms with E-state index in [0.29, 0.717) is 5.75 Å². The predicted molar refractivity (Wildman–Crippen MR) is 78.2 cm³/mol. The summed E-state index contributed by atoms with van der Waals surface area (Å²) in [4.78, 5) is 0.159. The predicted octanol–water partition coefficient (Wildman–Crippen LogP) is 3.37. The zero-order valence-corrected chi connectivity index (χ0v) is 12.6. The Morgan fingerprint density at radius 1 is 0.944 bits per heavy atom. The van der Waals surface area contributed by atoms with Crippen molar-refractivity contribution in [2.45, 2.75) is 11.8 Å². The fourth-order valence-corrected chi connectivity index (χ4v) is 2.66. The molecule has 0 atom stereocenters. The van der Waals surface area contributed by atoms with E-state index in [1.54, 1.807) is 36.4 Å². The highest BCUT2D eigenvalue weighted by Gasteiger charge is 2.15. The lowest BCUT2D eigenvalue weighted by atomic mass is 10.2. The van der Waals surface area contributed by atoms with E-state index in [-0.39, 0.29) is 4.90 Å². The molecule has 3 nitrogen and oxygen atoms in total. The molecule has 2 aromatic rings. The van der Waals surface area contributed by atoms with Gasteiger partial charge in [0.05, 0.1) is 0 Å². The average molecular weight is 374 g/mol. The van der Waals surface area contributed by atoms with Crippen molar-refractivity contribution in [3.8, 4) is 5.75 Å². The molecule has 0 bridgehead atoms. The topological polar surface area (TPSA) is 43.4 Å². The minimum absolute atomic E-state index is 0.159. The average Bonchev–Trinajstić information content (AvgIpc) is 2.32. The lowest BCUT2D eigenvalue weighted by Crippen LogP contribution is -2.09. The molecule has 0 aliphatic rings. The molecule has 0 saturated heterocycles. The van der Waals surface area contributed by atoms with Crippen LogP contribution in [-0.4, -0.2) is 8.42 Å². The maximum absolute atomic E-state index is 12.0. The largest absolute Gasteiger partial charge is 0.379 e. The summed E-state index contributed by atoms with van der Waals surface area (Å²) in [6, 6.07) is 13.4. The molecule has 2 rings (SSSR count). The third kappa shape index (κ3) is 3.23. The molecule has 2 aromatic carbocycles. The van der Waals surface area contributed by atoms with Crippen LogP contribution in [0.3, 0.4) is 0 Å². The highest BCUT2D eigenvalue weighted by Crippen LogP contribution is 2.19. The van der Waals surface area contributed by atoms with Gasteiger partial charge in [0.25, 0.3) is 0 Å². The van der Waals surface area contributed by atoms with E-state index in [1.165, 1.54) is 12.1 Å². The third-order valence-corrected chi connectivity index (χ3v) is 4.31. The van der Waals surface area contributed by atoms with Crippen molar-refractivity contribution in [2.75, 3.05) is 0 Å². The monoisotopic (exact) mass is 374 g/mol. The molecule has 0 radical (unpaired) electrons.